The molecule has 0 bridgehead atoms. The lowest BCUT2D eigenvalue weighted by Crippen LogP contribution is -2.41. The molecule has 0 radical (unpaired) electrons. The molecular weight excluding hydrogens is 382 g/mol. The second kappa shape index (κ2) is 8.96. The molecule has 158 valence electrons. The van der Waals surface area contributed by atoms with Crippen LogP contribution in [0.15, 0.2) is 6.33 Å². The van der Waals surface area contributed by atoms with Crippen LogP contribution in [0.4, 0.5) is 5.82 Å². The van der Waals surface area contributed by atoms with Crippen LogP contribution < -0.4 is 4.90 Å². The van der Waals surface area contributed by atoms with E-state index in [-0.39, 0.29) is 5.91 Å². The SMILES string of the molecule is CCN(CC)C(=O)CN1CCCN(c2ncnc3sc4c(c23)CCC(C)C4)CC1. The van der Waals surface area contributed by atoms with E-state index in [0.717, 1.165) is 68.7 Å². The van der Waals surface area contributed by atoms with Crippen LogP contribution in [-0.4, -0.2) is 71.5 Å². The van der Waals surface area contributed by atoms with Gasteiger partial charge in [0, 0.05) is 44.1 Å². The van der Waals surface area contributed by atoms with E-state index in [1.165, 1.54) is 28.7 Å². The van der Waals surface area contributed by atoms with E-state index < -0.39 is 0 Å². The molecule has 0 N–H and O–H groups in total. The number of carbonyl (C=O) groups excluding carboxylic acids is 1. The highest BCUT2D eigenvalue weighted by Crippen LogP contribution is 2.40. The molecule has 7 heteroatoms. The van der Waals surface area contributed by atoms with Crippen LogP contribution in [0.1, 0.15) is 44.1 Å². The number of rotatable bonds is 5. The number of anilines is 1. The number of nitrogens with zero attached hydrogens (tertiary/aromatic N) is 5. The van der Waals surface area contributed by atoms with Crippen LogP contribution in [-0.2, 0) is 17.6 Å². The molecule has 4 rings (SSSR count). The van der Waals surface area contributed by atoms with E-state index in [2.05, 4.69) is 21.7 Å². The van der Waals surface area contributed by atoms with Crippen molar-refractivity contribution in [2.75, 3.05) is 50.7 Å². The maximum atomic E-state index is 12.5. The molecule has 2 aromatic heterocycles. The minimum absolute atomic E-state index is 0.244. The first-order valence-corrected chi connectivity index (χ1v) is 11.9. The second-order valence-electron chi connectivity index (χ2n) is 8.41. The highest BCUT2D eigenvalue weighted by atomic mass is 32.1. The standard InChI is InChI=1S/C22H33N5OS/c1-4-26(5-2)19(28)14-25-9-6-10-27(12-11-25)21-20-17-8-7-16(3)13-18(17)29-22(20)24-15-23-21/h15-16H,4-14H2,1-3H3. The molecule has 1 unspecified atom stereocenters. The quantitative estimate of drug-likeness (QED) is 0.751. The zero-order valence-corrected chi connectivity index (χ0v) is 18.8. The average molecular weight is 416 g/mol. The van der Waals surface area contributed by atoms with Crippen molar-refractivity contribution in [3.05, 3.63) is 16.8 Å². The number of likely N-dealkylation sites (N-methyl/N-ethyl adjacent to an activating group) is 1. The van der Waals surface area contributed by atoms with Crippen molar-refractivity contribution in [1.82, 2.24) is 19.8 Å². The van der Waals surface area contributed by atoms with Crippen LogP contribution in [0.2, 0.25) is 0 Å². The topological polar surface area (TPSA) is 52.6 Å². The van der Waals surface area contributed by atoms with E-state index in [1.54, 1.807) is 6.33 Å². The smallest absolute Gasteiger partial charge is 0.236 e. The number of hydrogen-bond acceptors (Lipinski definition) is 6. The first-order valence-electron chi connectivity index (χ1n) is 11.1. The van der Waals surface area contributed by atoms with Crippen LogP contribution in [0, 0.1) is 5.92 Å². The summed E-state index contributed by atoms with van der Waals surface area (Å²) in [5, 5.41) is 1.30. The summed E-state index contributed by atoms with van der Waals surface area (Å²) in [6.45, 7) is 12.3. The molecule has 1 aliphatic carbocycles. The summed E-state index contributed by atoms with van der Waals surface area (Å²) >= 11 is 1.87. The van der Waals surface area contributed by atoms with Crippen molar-refractivity contribution in [1.29, 1.82) is 0 Å². The minimum Gasteiger partial charge on any atom is -0.355 e. The van der Waals surface area contributed by atoms with Crippen molar-refractivity contribution in [3.63, 3.8) is 0 Å². The molecule has 6 nitrogen and oxygen atoms in total. The third-order valence-corrected chi connectivity index (χ3v) is 7.60. The van der Waals surface area contributed by atoms with Crippen LogP contribution in [0.3, 0.4) is 0 Å². The Hall–Kier alpha value is -1.73. The predicted molar refractivity (Wildman–Crippen MR) is 120 cm³/mol. The molecule has 29 heavy (non-hydrogen) atoms. The van der Waals surface area contributed by atoms with Gasteiger partial charge in [-0.05, 0) is 51.0 Å². The number of fused-ring (bicyclic) bond motifs is 3. The van der Waals surface area contributed by atoms with Gasteiger partial charge in [-0.25, -0.2) is 9.97 Å². The van der Waals surface area contributed by atoms with Crippen LogP contribution in [0.25, 0.3) is 10.2 Å². The van der Waals surface area contributed by atoms with Crippen molar-refractivity contribution >= 4 is 33.3 Å². The zero-order chi connectivity index (χ0) is 20.4. The Labute approximate surface area is 177 Å². The van der Waals surface area contributed by atoms with Gasteiger partial charge in [0.25, 0.3) is 0 Å². The molecule has 2 aliphatic rings. The maximum Gasteiger partial charge on any atom is 0.236 e. The second-order valence-corrected chi connectivity index (χ2v) is 9.50. The lowest BCUT2D eigenvalue weighted by molar-refractivity contribution is -0.132. The van der Waals surface area contributed by atoms with Gasteiger partial charge in [0.2, 0.25) is 5.91 Å². The molecule has 0 aromatic carbocycles. The summed E-state index contributed by atoms with van der Waals surface area (Å²) in [4.78, 5) is 31.2. The Kier molecular flexibility index (Phi) is 6.35. The molecule has 0 spiro atoms. The summed E-state index contributed by atoms with van der Waals surface area (Å²) in [7, 11) is 0. The third kappa shape index (κ3) is 4.26. The summed E-state index contributed by atoms with van der Waals surface area (Å²) in [5.41, 5.74) is 1.50. The number of thiophene rings is 1. The van der Waals surface area contributed by atoms with E-state index in [4.69, 9.17) is 4.98 Å². The largest absolute Gasteiger partial charge is 0.355 e. The fourth-order valence-corrected chi connectivity index (χ4v) is 6.05. The zero-order valence-electron chi connectivity index (χ0n) is 18.0. The monoisotopic (exact) mass is 415 g/mol. The van der Waals surface area contributed by atoms with Gasteiger partial charge in [0.15, 0.2) is 0 Å². The fourth-order valence-electron chi connectivity index (χ4n) is 4.71. The van der Waals surface area contributed by atoms with Gasteiger partial charge in [-0.1, -0.05) is 6.92 Å². The van der Waals surface area contributed by atoms with E-state index >= 15 is 0 Å². The maximum absolute atomic E-state index is 12.5. The molecule has 1 aliphatic heterocycles. The van der Waals surface area contributed by atoms with Crippen molar-refractivity contribution in [3.8, 4) is 0 Å². The first kappa shape index (κ1) is 20.5. The molecule has 3 heterocycles. The van der Waals surface area contributed by atoms with Gasteiger partial charge in [-0.3, -0.25) is 9.69 Å². The van der Waals surface area contributed by atoms with Crippen molar-refractivity contribution in [2.45, 2.75) is 46.5 Å². The van der Waals surface area contributed by atoms with Gasteiger partial charge < -0.3 is 9.80 Å². The van der Waals surface area contributed by atoms with Gasteiger partial charge in [-0.2, -0.15) is 0 Å². The number of aryl methyl sites for hydroxylation is 1. The summed E-state index contributed by atoms with van der Waals surface area (Å²) < 4.78 is 0. The molecule has 1 atom stereocenters. The van der Waals surface area contributed by atoms with Crippen LogP contribution in [0.5, 0.6) is 0 Å². The Bertz CT molecular complexity index is 862. The van der Waals surface area contributed by atoms with E-state index in [1.807, 2.05) is 30.1 Å². The molecule has 0 saturated carbocycles. The molecule has 2 aromatic rings. The van der Waals surface area contributed by atoms with Crippen molar-refractivity contribution < 1.29 is 4.79 Å². The summed E-state index contributed by atoms with van der Waals surface area (Å²) in [6.07, 6.45) is 6.37. The van der Waals surface area contributed by atoms with Gasteiger partial charge >= 0.3 is 0 Å². The lowest BCUT2D eigenvalue weighted by Gasteiger charge is -2.26. The highest BCUT2D eigenvalue weighted by Gasteiger charge is 2.26. The lowest BCUT2D eigenvalue weighted by atomic mass is 9.89. The normalized spacial score (nSPS) is 20.5. The number of aromatic nitrogens is 2. The van der Waals surface area contributed by atoms with Crippen molar-refractivity contribution in [2.24, 2.45) is 5.92 Å². The molecule has 1 amide bonds. The minimum atomic E-state index is 0.244. The van der Waals surface area contributed by atoms with Gasteiger partial charge in [0.05, 0.1) is 11.9 Å². The summed E-state index contributed by atoms with van der Waals surface area (Å²) in [5.74, 6) is 2.12. The average Bonchev–Trinajstić information content (AvgIpc) is 2.92. The first-order chi connectivity index (χ1) is 14.1. The number of carbonyl (C=O) groups is 1. The number of amides is 1. The van der Waals surface area contributed by atoms with Crippen LogP contribution >= 0.6 is 11.3 Å². The van der Waals surface area contributed by atoms with E-state index in [0.29, 0.717) is 6.54 Å². The van der Waals surface area contributed by atoms with E-state index in [9.17, 15) is 4.79 Å². The molecule has 1 fully saturated rings. The van der Waals surface area contributed by atoms with Gasteiger partial charge in [0.1, 0.15) is 17.0 Å². The number of hydrogen-bond donors (Lipinski definition) is 0. The third-order valence-electron chi connectivity index (χ3n) is 6.43. The highest BCUT2D eigenvalue weighted by molar-refractivity contribution is 7.19. The Morgan fingerprint density at radius 3 is 2.83 bits per heavy atom. The fraction of sp³-hybridized carbons (Fsp3) is 0.682. The Morgan fingerprint density at radius 2 is 2.03 bits per heavy atom. The Balaban J connectivity index is 1.51. The molecular formula is C22H33N5OS. The predicted octanol–water partition coefficient (Wildman–Crippen LogP) is 3.20. The molecule has 1 saturated heterocycles. The van der Waals surface area contributed by atoms with Gasteiger partial charge in [-0.15, -0.1) is 11.3 Å². The Morgan fingerprint density at radius 1 is 1.21 bits per heavy atom. The summed E-state index contributed by atoms with van der Waals surface area (Å²) in [6, 6.07) is 0.